The van der Waals surface area contributed by atoms with Crippen LogP contribution in [0.4, 0.5) is 5.95 Å². The second-order valence-corrected chi connectivity index (χ2v) is 5.47. The lowest BCUT2D eigenvalue weighted by Gasteiger charge is -2.10. The summed E-state index contributed by atoms with van der Waals surface area (Å²) in [6.07, 6.45) is 5.03. The molecule has 1 aromatic carbocycles. The van der Waals surface area contributed by atoms with Gasteiger partial charge in [-0.25, -0.2) is 9.97 Å². The van der Waals surface area contributed by atoms with Crippen molar-refractivity contribution < 1.29 is 9.53 Å². The van der Waals surface area contributed by atoms with Gasteiger partial charge in [-0.3, -0.25) is 9.78 Å². The number of rotatable bonds is 7. The lowest BCUT2D eigenvalue weighted by atomic mass is 10.2. The maximum absolute atomic E-state index is 12.4. The van der Waals surface area contributed by atoms with E-state index >= 15 is 0 Å². The van der Waals surface area contributed by atoms with Crippen LogP contribution in [0.2, 0.25) is 0 Å². The number of amides is 1. The molecule has 0 atom stereocenters. The predicted molar refractivity (Wildman–Crippen MR) is 97.8 cm³/mol. The van der Waals surface area contributed by atoms with Crippen LogP contribution in [0.5, 0.6) is 5.75 Å². The maximum Gasteiger partial charge on any atom is 0.270 e. The van der Waals surface area contributed by atoms with Gasteiger partial charge in [0.2, 0.25) is 5.95 Å². The molecular formula is C19H19N5O2. The molecule has 26 heavy (non-hydrogen) atoms. The molecule has 7 nitrogen and oxygen atoms in total. The largest absolute Gasteiger partial charge is 0.496 e. The number of carbonyl (C=O) groups excluding carboxylic acids is 1. The smallest absolute Gasteiger partial charge is 0.270 e. The Labute approximate surface area is 151 Å². The lowest BCUT2D eigenvalue weighted by molar-refractivity contribution is 0.0945. The Morgan fingerprint density at radius 1 is 1.08 bits per heavy atom. The zero-order chi connectivity index (χ0) is 18.2. The van der Waals surface area contributed by atoms with Crippen LogP contribution in [0, 0.1) is 0 Å². The van der Waals surface area contributed by atoms with Gasteiger partial charge in [0.1, 0.15) is 11.4 Å². The van der Waals surface area contributed by atoms with Gasteiger partial charge in [-0.05, 0) is 23.8 Å². The molecule has 0 aliphatic heterocycles. The van der Waals surface area contributed by atoms with Crippen molar-refractivity contribution in [1.82, 2.24) is 20.3 Å². The summed E-state index contributed by atoms with van der Waals surface area (Å²) < 4.78 is 5.28. The summed E-state index contributed by atoms with van der Waals surface area (Å²) in [7, 11) is 1.60. The Balaban J connectivity index is 1.61. The number of carbonyl (C=O) groups is 1. The fourth-order valence-electron chi connectivity index (χ4n) is 2.37. The van der Waals surface area contributed by atoms with Gasteiger partial charge in [-0.2, -0.15) is 0 Å². The Morgan fingerprint density at radius 2 is 1.96 bits per heavy atom. The number of para-hydroxylation sites is 1. The minimum Gasteiger partial charge on any atom is -0.496 e. The number of hydrogen-bond acceptors (Lipinski definition) is 6. The number of nitrogens with zero attached hydrogens (tertiary/aromatic N) is 3. The van der Waals surface area contributed by atoms with E-state index in [4.69, 9.17) is 4.74 Å². The Hall–Kier alpha value is -3.48. The van der Waals surface area contributed by atoms with Crippen LogP contribution < -0.4 is 15.4 Å². The summed E-state index contributed by atoms with van der Waals surface area (Å²) in [4.78, 5) is 24.8. The molecule has 0 saturated carbocycles. The Kier molecular flexibility index (Phi) is 5.72. The van der Waals surface area contributed by atoms with Gasteiger partial charge in [-0.1, -0.05) is 24.3 Å². The highest BCUT2D eigenvalue weighted by atomic mass is 16.5. The van der Waals surface area contributed by atoms with Gasteiger partial charge in [0.15, 0.2) is 0 Å². The summed E-state index contributed by atoms with van der Waals surface area (Å²) in [6.45, 7) is 0.880. The van der Waals surface area contributed by atoms with E-state index in [1.165, 1.54) is 0 Å². The number of aromatic nitrogens is 3. The number of anilines is 1. The van der Waals surface area contributed by atoms with E-state index in [9.17, 15) is 4.79 Å². The van der Waals surface area contributed by atoms with Crippen molar-refractivity contribution >= 4 is 11.9 Å². The lowest BCUT2D eigenvalue weighted by Crippen LogP contribution is -2.24. The van der Waals surface area contributed by atoms with Crippen molar-refractivity contribution in [3.05, 3.63) is 77.9 Å². The van der Waals surface area contributed by atoms with Crippen LogP contribution in [0.1, 0.15) is 21.6 Å². The molecule has 132 valence electrons. The highest BCUT2D eigenvalue weighted by molar-refractivity contribution is 5.92. The van der Waals surface area contributed by atoms with E-state index in [-0.39, 0.29) is 5.91 Å². The Bertz CT molecular complexity index is 871. The third-order valence-corrected chi connectivity index (χ3v) is 3.69. The number of benzene rings is 1. The van der Waals surface area contributed by atoms with Gasteiger partial charge >= 0.3 is 0 Å². The van der Waals surface area contributed by atoms with Crippen molar-refractivity contribution in [3.63, 3.8) is 0 Å². The van der Waals surface area contributed by atoms with Gasteiger partial charge in [0, 0.05) is 37.2 Å². The molecule has 0 saturated heterocycles. The molecule has 0 bridgehead atoms. The molecule has 7 heteroatoms. The fraction of sp³-hybridized carbons (Fsp3) is 0.158. The molecule has 0 fully saturated rings. The molecule has 3 rings (SSSR count). The molecule has 2 aromatic heterocycles. The van der Waals surface area contributed by atoms with Crippen LogP contribution >= 0.6 is 0 Å². The topological polar surface area (TPSA) is 89.0 Å². The first-order valence-corrected chi connectivity index (χ1v) is 8.12. The second-order valence-electron chi connectivity index (χ2n) is 5.47. The average molecular weight is 349 g/mol. The van der Waals surface area contributed by atoms with Crippen LogP contribution in [-0.2, 0) is 13.1 Å². The van der Waals surface area contributed by atoms with E-state index < -0.39 is 0 Å². The monoisotopic (exact) mass is 349 g/mol. The van der Waals surface area contributed by atoms with Gasteiger partial charge in [0.05, 0.1) is 7.11 Å². The van der Waals surface area contributed by atoms with E-state index in [1.54, 1.807) is 31.8 Å². The SMILES string of the molecule is COc1ccccc1CNC(=O)c1ccnc(NCc2cccnc2)n1. The average Bonchev–Trinajstić information content (AvgIpc) is 2.71. The van der Waals surface area contributed by atoms with Gasteiger partial charge in [-0.15, -0.1) is 0 Å². The number of hydrogen-bond donors (Lipinski definition) is 2. The van der Waals surface area contributed by atoms with E-state index in [2.05, 4.69) is 25.6 Å². The predicted octanol–water partition coefficient (Wildman–Crippen LogP) is 2.42. The van der Waals surface area contributed by atoms with Crippen LogP contribution in [0.15, 0.2) is 61.1 Å². The third-order valence-electron chi connectivity index (χ3n) is 3.69. The second kappa shape index (κ2) is 8.57. The third kappa shape index (κ3) is 4.54. The number of methoxy groups -OCH3 is 1. The first-order chi connectivity index (χ1) is 12.8. The molecule has 0 aliphatic rings. The maximum atomic E-state index is 12.4. The van der Waals surface area contributed by atoms with Gasteiger partial charge in [0.25, 0.3) is 5.91 Å². The first-order valence-electron chi connectivity index (χ1n) is 8.12. The van der Waals surface area contributed by atoms with Gasteiger partial charge < -0.3 is 15.4 Å². The Morgan fingerprint density at radius 3 is 2.77 bits per heavy atom. The highest BCUT2D eigenvalue weighted by Gasteiger charge is 2.10. The molecular weight excluding hydrogens is 330 g/mol. The summed E-state index contributed by atoms with van der Waals surface area (Å²) in [6, 6.07) is 12.9. The molecule has 0 spiro atoms. The quantitative estimate of drug-likeness (QED) is 0.681. The molecule has 2 heterocycles. The minimum absolute atomic E-state index is 0.275. The number of nitrogens with one attached hydrogen (secondary N) is 2. The zero-order valence-electron chi connectivity index (χ0n) is 14.3. The zero-order valence-corrected chi connectivity index (χ0v) is 14.3. The molecule has 0 radical (unpaired) electrons. The summed E-state index contributed by atoms with van der Waals surface area (Å²) in [5, 5.41) is 5.93. The van der Waals surface area contributed by atoms with E-state index in [0.717, 1.165) is 16.9 Å². The first kappa shape index (κ1) is 17.3. The number of ether oxygens (including phenoxy) is 1. The summed E-state index contributed by atoms with van der Waals surface area (Å²) in [5.74, 6) is 0.843. The molecule has 1 amide bonds. The molecule has 3 aromatic rings. The van der Waals surface area contributed by atoms with Crippen LogP contribution in [-0.4, -0.2) is 28.0 Å². The summed E-state index contributed by atoms with van der Waals surface area (Å²) in [5.41, 5.74) is 2.19. The van der Waals surface area contributed by atoms with Crippen molar-refractivity contribution in [3.8, 4) is 5.75 Å². The minimum atomic E-state index is -0.275. The van der Waals surface area contributed by atoms with Crippen LogP contribution in [0.3, 0.4) is 0 Å². The molecule has 2 N–H and O–H groups in total. The molecule has 0 aliphatic carbocycles. The summed E-state index contributed by atoms with van der Waals surface area (Å²) >= 11 is 0. The van der Waals surface area contributed by atoms with E-state index in [0.29, 0.717) is 24.7 Å². The van der Waals surface area contributed by atoms with Crippen molar-refractivity contribution in [2.24, 2.45) is 0 Å². The highest BCUT2D eigenvalue weighted by Crippen LogP contribution is 2.16. The van der Waals surface area contributed by atoms with Crippen molar-refractivity contribution in [2.75, 3.05) is 12.4 Å². The van der Waals surface area contributed by atoms with E-state index in [1.807, 2.05) is 36.4 Å². The standard InChI is InChI=1S/C19H19N5O2/c1-26-17-7-3-2-6-15(17)13-22-18(25)16-8-10-21-19(24-16)23-12-14-5-4-9-20-11-14/h2-11H,12-13H2,1H3,(H,22,25)(H,21,23,24). The fourth-order valence-corrected chi connectivity index (χ4v) is 2.37. The molecule has 0 unspecified atom stereocenters. The van der Waals surface area contributed by atoms with Crippen molar-refractivity contribution in [2.45, 2.75) is 13.1 Å². The van der Waals surface area contributed by atoms with Crippen LogP contribution in [0.25, 0.3) is 0 Å². The van der Waals surface area contributed by atoms with Crippen molar-refractivity contribution in [1.29, 1.82) is 0 Å². The normalized spacial score (nSPS) is 10.2. The number of pyridine rings is 1.